The quantitative estimate of drug-likeness (QED) is 0.858. The summed E-state index contributed by atoms with van der Waals surface area (Å²) in [6.07, 6.45) is 10.9. The molecule has 4 nitrogen and oxygen atoms in total. The maximum Gasteiger partial charge on any atom is 0.257 e. The van der Waals surface area contributed by atoms with Crippen molar-refractivity contribution in [1.82, 2.24) is 9.80 Å². The Labute approximate surface area is 126 Å². The first-order valence-electron chi connectivity index (χ1n) is 8.33. The lowest BCUT2D eigenvalue weighted by atomic mass is 9.84. The second-order valence-electron chi connectivity index (χ2n) is 7.02. The number of nitrogens with zero attached hydrogens (tertiary/aromatic N) is 2. The third kappa shape index (κ3) is 2.50. The van der Waals surface area contributed by atoms with Crippen LogP contribution in [0.3, 0.4) is 0 Å². The number of likely N-dealkylation sites (tertiary alicyclic amines) is 2. The van der Waals surface area contributed by atoms with Gasteiger partial charge in [-0.05, 0) is 57.1 Å². The Bertz CT molecular complexity index is 499. The van der Waals surface area contributed by atoms with Gasteiger partial charge in [0.05, 0.1) is 11.8 Å². The molecule has 2 aliphatic heterocycles. The molecule has 114 valence electrons. The van der Waals surface area contributed by atoms with Crippen molar-refractivity contribution in [2.75, 3.05) is 26.2 Å². The van der Waals surface area contributed by atoms with E-state index < -0.39 is 0 Å². The fourth-order valence-electron chi connectivity index (χ4n) is 4.15. The number of hydrogen-bond acceptors (Lipinski definition) is 3. The molecule has 1 spiro atoms. The molecule has 21 heavy (non-hydrogen) atoms. The average Bonchev–Trinajstić information content (AvgIpc) is 3.01. The molecular formula is C17H24N2O2. The van der Waals surface area contributed by atoms with Crippen LogP contribution < -0.4 is 0 Å². The van der Waals surface area contributed by atoms with Crippen molar-refractivity contribution in [3.63, 3.8) is 0 Å². The van der Waals surface area contributed by atoms with E-state index in [4.69, 9.17) is 4.42 Å². The van der Waals surface area contributed by atoms with Crippen LogP contribution in [0.2, 0.25) is 0 Å². The highest BCUT2D eigenvalue weighted by molar-refractivity contribution is 5.93. The van der Waals surface area contributed by atoms with Gasteiger partial charge in [0.2, 0.25) is 0 Å². The predicted molar refractivity (Wildman–Crippen MR) is 80.1 cm³/mol. The average molecular weight is 288 g/mol. The van der Waals surface area contributed by atoms with Crippen LogP contribution in [-0.2, 0) is 0 Å². The van der Waals surface area contributed by atoms with E-state index in [0.29, 0.717) is 11.1 Å². The summed E-state index contributed by atoms with van der Waals surface area (Å²) < 4.78 is 5.03. The standard InChI is InChI=1S/C17H24N2O2/c20-16(15-4-11-21-13-15)18-9-6-17(7-10-18)5-1-8-19(17)12-14-2-3-14/h4,11,13-14H,1-3,5-10,12H2. The first-order valence-corrected chi connectivity index (χ1v) is 8.33. The fraction of sp³-hybridized carbons (Fsp3) is 0.706. The van der Waals surface area contributed by atoms with Crippen LogP contribution >= 0.6 is 0 Å². The van der Waals surface area contributed by atoms with Crippen molar-refractivity contribution < 1.29 is 9.21 Å². The van der Waals surface area contributed by atoms with Crippen LogP contribution in [0.4, 0.5) is 0 Å². The zero-order valence-corrected chi connectivity index (χ0v) is 12.6. The molecular weight excluding hydrogens is 264 g/mol. The van der Waals surface area contributed by atoms with Gasteiger partial charge in [0.1, 0.15) is 6.26 Å². The maximum absolute atomic E-state index is 12.4. The van der Waals surface area contributed by atoms with Crippen LogP contribution in [0.5, 0.6) is 0 Å². The lowest BCUT2D eigenvalue weighted by molar-refractivity contribution is 0.0396. The number of carbonyl (C=O) groups excluding carboxylic acids is 1. The second-order valence-corrected chi connectivity index (χ2v) is 7.02. The van der Waals surface area contributed by atoms with Gasteiger partial charge in [0.25, 0.3) is 5.91 Å². The Kier molecular flexibility index (Phi) is 3.29. The number of rotatable bonds is 3. The summed E-state index contributed by atoms with van der Waals surface area (Å²) in [5.74, 6) is 1.09. The molecule has 1 aromatic heterocycles. The fourth-order valence-corrected chi connectivity index (χ4v) is 4.15. The molecule has 2 saturated heterocycles. The van der Waals surface area contributed by atoms with Gasteiger partial charge in [-0.15, -0.1) is 0 Å². The Hall–Kier alpha value is -1.29. The topological polar surface area (TPSA) is 36.7 Å². The largest absolute Gasteiger partial charge is 0.472 e. The summed E-state index contributed by atoms with van der Waals surface area (Å²) in [5.41, 5.74) is 1.09. The van der Waals surface area contributed by atoms with Gasteiger partial charge in [-0.25, -0.2) is 0 Å². The van der Waals surface area contributed by atoms with Gasteiger partial charge < -0.3 is 9.32 Å². The molecule has 1 amide bonds. The van der Waals surface area contributed by atoms with Crippen molar-refractivity contribution in [2.24, 2.45) is 5.92 Å². The summed E-state index contributed by atoms with van der Waals surface area (Å²) in [6.45, 7) is 4.36. The number of hydrogen-bond donors (Lipinski definition) is 0. The molecule has 0 atom stereocenters. The van der Waals surface area contributed by atoms with Gasteiger partial charge >= 0.3 is 0 Å². The van der Waals surface area contributed by atoms with Crippen molar-refractivity contribution in [3.8, 4) is 0 Å². The molecule has 0 N–H and O–H groups in total. The first-order chi connectivity index (χ1) is 10.3. The molecule has 3 aliphatic rings. The molecule has 4 rings (SSSR count). The molecule has 0 radical (unpaired) electrons. The Balaban J connectivity index is 1.40. The predicted octanol–water partition coefficient (Wildman–Crippen LogP) is 2.76. The van der Waals surface area contributed by atoms with Crippen molar-refractivity contribution in [3.05, 3.63) is 24.2 Å². The van der Waals surface area contributed by atoms with E-state index in [9.17, 15) is 4.79 Å². The smallest absolute Gasteiger partial charge is 0.257 e. The molecule has 0 aromatic carbocycles. The van der Waals surface area contributed by atoms with E-state index in [1.54, 1.807) is 18.6 Å². The third-order valence-electron chi connectivity index (χ3n) is 5.67. The van der Waals surface area contributed by atoms with Crippen LogP contribution in [0, 0.1) is 5.92 Å². The van der Waals surface area contributed by atoms with Crippen LogP contribution in [0.15, 0.2) is 23.0 Å². The SMILES string of the molecule is O=C(c1ccoc1)N1CCC2(CCCN2CC2CC2)CC1. The second kappa shape index (κ2) is 5.16. The molecule has 0 bridgehead atoms. The van der Waals surface area contributed by atoms with Crippen LogP contribution in [-0.4, -0.2) is 47.4 Å². The van der Waals surface area contributed by atoms with E-state index in [2.05, 4.69) is 4.90 Å². The lowest BCUT2D eigenvalue weighted by Gasteiger charge is -2.45. The van der Waals surface area contributed by atoms with E-state index >= 15 is 0 Å². The number of amides is 1. The summed E-state index contributed by atoms with van der Waals surface area (Å²) in [4.78, 5) is 17.1. The van der Waals surface area contributed by atoms with E-state index in [0.717, 1.165) is 31.8 Å². The maximum atomic E-state index is 12.4. The van der Waals surface area contributed by atoms with E-state index in [-0.39, 0.29) is 5.91 Å². The Morgan fingerprint density at radius 3 is 2.71 bits per heavy atom. The monoisotopic (exact) mass is 288 g/mol. The summed E-state index contributed by atoms with van der Waals surface area (Å²) >= 11 is 0. The summed E-state index contributed by atoms with van der Waals surface area (Å²) in [6, 6.07) is 1.77. The van der Waals surface area contributed by atoms with Gasteiger partial charge in [-0.1, -0.05) is 0 Å². The molecule has 3 fully saturated rings. The number of furan rings is 1. The highest BCUT2D eigenvalue weighted by Gasteiger charge is 2.45. The minimum Gasteiger partial charge on any atom is -0.472 e. The normalized spacial score (nSPS) is 25.6. The van der Waals surface area contributed by atoms with Crippen molar-refractivity contribution >= 4 is 5.91 Å². The summed E-state index contributed by atoms with van der Waals surface area (Å²) in [5, 5.41) is 0. The van der Waals surface area contributed by atoms with Gasteiger partial charge in [0.15, 0.2) is 0 Å². The highest BCUT2D eigenvalue weighted by Crippen LogP contribution is 2.41. The number of carbonyl (C=O) groups is 1. The third-order valence-corrected chi connectivity index (χ3v) is 5.67. The molecule has 1 aromatic rings. The zero-order valence-electron chi connectivity index (χ0n) is 12.6. The molecule has 4 heteroatoms. The van der Waals surface area contributed by atoms with Gasteiger partial charge in [0, 0.05) is 25.2 Å². The molecule has 1 saturated carbocycles. The Morgan fingerprint density at radius 2 is 2.05 bits per heavy atom. The van der Waals surface area contributed by atoms with Gasteiger partial charge in [-0.2, -0.15) is 0 Å². The van der Waals surface area contributed by atoms with Gasteiger partial charge in [-0.3, -0.25) is 9.69 Å². The molecule has 1 aliphatic carbocycles. The van der Waals surface area contributed by atoms with Crippen LogP contribution in [0.25, 0.3) is 0 Å². The molecule has 3 heterocycles. The lowest BCUT2D eigenvalue weighted by Crippen LogP contribution is -2.53. The Morgan fingerprint density at radius 1 is 1.24 bits per heavy atom. The van der Waals surface area contributed by atoms with Crippen LogP contribution in [0.1, 0.15) is 48.9 Å². The highest BCUT2D eigenvalue weighted by atomic mass is 16.3. The minimum atomic E-state index is 0.130. The van der Waals surface area contributed by atoms with Crippen molar-refractivity contribution in [2.45, 2.75) is 44.1 Å². The van der Waals surface area contributed by atoms with E-state index in [1.807, 2.05) is 4.90 Å². The first kappa shape index (κ1) is 13.4. The summed E-state index contributed by atoms with van der Waals surface area (Å²) in [7, 11) is 0. The minimum absolute atomic E-state index is 0.130. The van der Waals surface area contributed by atoms with E-state index in [1.165, 1.54) is 38.8 Å². The molecule has 0 unspecified atom stereocenters. The zero-order chi connectivity index (χ0) is 14.3. The number of piperidine rings is 1. The van der Waals surface area contributed by atoms with Crippen molar-refractivity contribution in [1.29, 1.82) is 0 Å².